The SMILES string of the molecule is O=C1CSC(c2ccsc2)c2c(n(C3CCCCCC3)[nH]c2=O)N1. The Hall–Kier alpha value is -1.47. The van der Waals surface area contributed by atoms with Crippen molar-refractivity contribution in [3.63, 3.8) is 0 Å². The number of fused-ring (bicyclic) bond motifs is 1. The molecule has 1 aliphatic heterocycles. The number of hydrogen-bond donors (Lipinski definition) is 2. The molecule has 7 heteroatoms. The van der Waals surface area contributed by atoms with Crippen molar-refractivity contribution in [2.24, 2.45) is 0 Å². The van der Waals surface area contributed by atoms with Gasteiger partial charge in [-0.1, -0.05) is 25.7 Å². The van der Waals surface area contributed by atoms with Gasteiger partial charge in [0.25, 0.3) is 5.56 Å². The molecule has 0 radical (unpaired) electrons. The first-order chi connectivity index (χ1) is 11.7. The fourth-order valence-corrected chi connectivity index (χ4v) is 5.61. The van der Waals surface area contributed by atoms with Gasteiger partial charge in [0.05, 0.1) is 22.6 Å². The van der Waals surface area contributed by atoms with Crippen LogP contribution in [0.25, 0.3) is 0 Å². The summed E-state index contributed by atoms with van der Waals surface area (Å²) in [6, 6.07) is 2.32. The topological polar surface area (TPSA) is 66.9 Å². The Kier molecular flexibility index (Phi) is 4.54. The Balaban J connectivity index is 1.80. The Labute approximate surface area is 148 Å². The molecule has 0 saturated heterocycles. The van der Waals surface area contributed by atoms with E-state index in [0.717, 1.165) is 18.4 Å². The van der Waals surface area contributed by atoms with Gasteiger partial charge in [0.2, 0.25) is 5.91 Å². The number of nitrogens with one attached hydrogen (secondary N) is 2. The van der Waals surface area contributed by atoms with E-state index >= 15 is 0 Å². The maximum absolute atomic E-state index is 12.7. The molecule has 2 aliphatic rings. The normalized spacial score (nSPS) is 22.5. The quantitative estimate of drug-likeness (QED) is 0.795. The molecular formula is C17H21N3O2S2. The van der Waals surface area contributed by atoms with E-state index < -0.39 is 0 Å². The van der Waals surface area contributed by atoms with Gasteiger partial charge in [0.1, 0.15) is 5.82 Å². The van der Waals surface area contributed by atoms with Crippen molar-refractivity contribution in [3.05, 3.63) is 38.3 Å². The van der Waals surface area contributed by atoms with E-state index in [-0.39, 0.29) is 22.8 Å². The second-order valence-electron chi connectivity index (χ2n) is 6.51. The summed E-state index contributed by atoms with van der Waals surface area (Å²) in [5.74, 6) is 1.04. The van der Waals surface area contributed by atoms with Crippen LogP contribution in [0.4, 0.5) is 5.82 Å². The van der Waals surface area contributed by atoms with Crippen LogP contribution in [0.2, 0.25) is 0 Å². The molecule has 2 aromatic rings. The summed E-state index contributed by atoms with van der Waals surface area (Å²) < 4.78 is 1.95. The van der Waals surface area contributed by atoms with Crippen LogP contribution in [0.3, 0.4) is 0 Å². The second-order valence-corrected chi connectivity index (χ2v) is 8.39. The number of amides is 1. The zero-order chi connectivity index (χ0) is 16.5. The number of anilines is 1. The van der Waals surface area contributed by atoms with Crippen molar-refractivity contribution < 1.29 is 4.79 Å². The number of thiophene rings is 1. The molecule has 1 atom stereocenters. The van der Waals surface area contributed by atoms with Crippen molar-refractivity contribution in [1.29, 1.82) is 0 Å². The average Bonchev–Trinajstić information content (AvgIpc) is 3.04. The zero-order valence-corrected chi connectivity index (χ0v) is 15.0. The summed E-state index contributed by atoms with van der Waals surface area (Å²) in [7, 11) is 0. The smallest absolute Gasteiger partial charge is 0.270 e. The number of carbonyl (C=O) groups is 1. The molecule has 5 nitrogen and oxygen atoms in total. The minimum atomic E-state index is -0.0824. The lowest BCUT2D eigenvalue weighted by molar-refractivity contribution is -0.113. The molecule has 1 saturated carbocycles. The Morgan fingerprint density at radius 3 is 2.62 bits per heavy atom. The summed E-state index contributed by atoms with van der Waals surface area (Å²) in [5.41, 5.74) is 1.74. The molecule has 1 fully saturated rings. The third kappa shape index (κ3) is 2.95. The maximum atomic E-state index is 12.7. The number of H-pyrrole nitrogens is 1. The van der Waals surface area contributed by atoms with E-state index in [1.807, 2.05) is 16.1 Å². The number of aromatic amines is 1. The van der Waals surface area contributed by atoms with Crippen LogP contribution in [0.5, 0.6) is 0 Å². The highest BCUT2D eigenvalue weighted by Crippen LogP contribution is 2.42. The van der Waals surface area contributed by atoms with Gasteiger partial charge in [-0.3, -0.25) is 19.4 Å². The van der Waals surface area contributed by atoms with Gasteiger partial charge in [-0.15, -0.1) is 11.8 Å². The standard InChI is InChI=1S/C17H21N3O2S2/c21-13-10-24-15(11-7-8-23-9-11)14-16(18-13)20(19-17(14)22)12-5-3-1-2-4-6-12/h7-9,12,15H,1-6,10H2,(H,18,21)(H,19,22). The summed E-state index contributed by atoms with van der Waals surface area (Å²) >= 11 is 3.15. The van der Waals surface area contributed by atoms with E-state index in [9.17, 15) is 9.59 Å². The molecule has 1 unspecified atom stereocenters. The van der Waals surface area contributed by atoms with E-state index in [2.05, 4.69) is 15.8 Å². The lowest BCUT2D eigenvalue weighted by Gasteiger charge is -2.19. The van der Waals surface area contributed by atoms with Crippen molar-refractivity contribution >= 4 is 34.8 Å². The van der Waals surface area contributed by atoms with Gasteiger partial charge in [0.15, 0.2) is 0 Å². The lowest BCUT2D eigenvalue weighted by atomic mass is 10.1. The van der Waals surface area contributed by atoms with Crippen molar-refractivity contribution in [2.45, 2.75) is 49.8 Å². The fourth-order valence-electron chi connectivity index (χ4n) is 3.72. The first-order valence-corrected chi connectivity index (χ1v) is 10.5. The number of hydrogen-bond acceptors (Lipinski definition) is 4. The molecule has 1 amide bonds. The highest BCUT2D eigenvalue weighted by Gasteiger charge is 2.32. The van der Waals surface area contributed by atoms with Gasteiger partial charge in [-0.2, -0.15) is 11.3 Å². The lowest BCUT2D eigenvalue weighted by Crippen LogP contribution is -2.19. The third-order valence-corrected chi connectivity index (χ3v) is 6.87. The van der Waals surface area contributed by atoms with Gasteiger partial charge < -0.3 is 5.32 Å². The molecule has 3 heterocycles. The number of thioether (sulfide) groups is 1. The van der Waals surface area contributed by atoms with Crippen molar-refractivity contribution in [2.75, 3.05) is 11.1 Å². The maximum Gasteiger partial charge on any atom is 0.270 e. The molecule has 0 bridgehead atoms. The first kappa shape index (κ1) is 16.0. The number of aromatic nitrogens is 2. The van der Waals surface area contributed by atoms with Crippen LogP contribution in [-0.2, 0) is 4.79 Å². The van der Waals surface area contributed by atoms with Gasteiger partial charge in [-0.25, -0.2) is 0 Å². The minimum absolute atomic E-state index is 0.0275. The first-order valence-electron chi connectivity index (χ1n) is 8.52. The average molecular weight is 364 g/mol. The van der Waals surface area contributed by atoms with E-state index in [1.54, 1.807) is 11.3 Å². The zero-order valence-electron chi connectivity index (χ0n) is 13.4. The molecule has 0 spiro atoms. The van der Waals surface area contributed by atoms with Crippen molar-refractivity contribution in [1.82, 2.24) is 9.78 Å². The summed E-state index contributed by atoms with van der Waals surface area (Å²) in [6.07, 6.45) is 6.98. The molecule has 2 N–H and O–H groups in total. The summed E-state index contributed by atoms with van der Waals surface area (Å²) in [6.45, 7) is 0. The molecule has 24 heavy (non-hydrogen) atoms. The van der Waals surface area contributed by atoms with Crippen LogP contribution in [-0.4, -0.2) is 21.4 Å². The molecular weight excluding hydrogens is 342 g/mol. The van der Waals surface area contributed by atoms with E-state index in [4.69, 9.17) is 0 Å². The molecule has 4 rings (SSSR count). The largest absolute Gasteiger partial charge is 0.310 e. The Morgan fingerprint density at radius 1 is 1.12 bits per heavy atom. The predicted molar refractivity (Wildman–Crippen MR) is 99.0 cm³/mol. The molecule has 0 aromatic carbocycles. The Morgan fingerprint density at radius 2 is 1.92 bits per heavy atom. The van der Waals surface area contributed by atoms with Gasteiger partial charge in [0, 0.05) is 0 Å². The second kappa shape index (κ2) is 6.80. The third-order valence-electron chi connectivity index (χ3n) is 4.90. The minimum Gasteiger partial charge on any atom is -0.310 e. The number of rotatable bonds is 2. The van der Waals surface area contributed by atoms with E-state index in [1.165, 1.54) is 37.4 Å². The summed E-state index contributed by atoms with van der Waals surface area (Å²) in [4.78, 5) is 25.0. The Bertz CT molecular complexity index is 770. The molecule has 1 aliphatic carbocycles. The van der Waals surface area contributed by atoms with Crippen LogP contribution in [0.15, 0.2) is 21.6 Å². The van der Waals surface area contributed by atoms with Crippen LogP contribution >= 0.6 is 23.1 Å². The van der Waals surface area contributed by atoms with Crippen LogP contribution in [0, 0.1) is 0 Å². The number of nitrogens with zero attached hydrogens (tertiary/aromatic N) is 1. The highest BCUT2D eigenvalue weighted by molar-refractivity contribution is 8.00. The van der Waals surface area contributed by atoms with Crippen molar-refractivity contribution in [3.8, 4) is 0 Å². The van der Waals surface area contributed by atoms with Crippen LogP contribution in [0.1, 0.15) is 60.9 Å². The van der Waals surface area contributed by atoms with Crippen LogP contribution < -0.4 is 10.9 Å². The molecule has 128 valence electrons. The number of carbonyl (C=O) groups excluding carboxylic acids is 1. The predicted octanol–water partition coefficient (Wildman–Crippen LogP) is 3.91. The summed E-state index contributed by atoms with van der Waals surface area (Å²) in [5, 5.41) is 10.0. The van der Waals surface area contributed by atoms with Gasteiger partial charge in [-0.05, 0) is 35.2 Å². The highest BCUT2D eigenvalue weighted by atomic mass is 32.2. The van der Waals surface area contributed by atoms with E-state index in [0.29, 0.717) is 17.1 Å². The van der Waals surface area contributed by atoms with Gasteiger partial charge >= 0.3 is 0 Å². The molecule has 2 aromatic heterocycles. The fraction of sp³-hybridized carbons (Fsp3) is 0.529. The monoisotopic (exact) mass is 363 g/mol.